The van der Waals surface area contributed by atoms with Crippen LogP contribution >= 0.6 is 0 Å². The van der Waals surface area contributed by atoms with Crippen LogP contribution in [0, 0.1) is 5.82 Å². The Bertz CT molecular complexity index is 1070. The van der Waals surface area contributed by atoms with E-state index in [1.807, 2.05) is 12.1 Å². The molecular formula is C22H21FN2O3. The molecule has 28 heavy (non-hydrogen) atoms. The first-order valence-electron chi connectivity index (χ1n) is 9.04. The van der Waals surface area contributed by atoms with Crippen LogP contribution in [0.15, 0.2) is 53.8 Å². The fraction of sp³-hybridized carbons (Fsp3) is 0.227. The number of methoxy groups -OCH3 is 1. The van der Waals surface area contributed by atoms with Gasteiger partial charge in [0.05, 0.1) is 23.7 Å². The molecule has 0 aliphatic heterocycles. The van der Waals surface area contributed by atoms with E-state index in [2.05, 4.69) is 16.3 Å². The van der Waals surface area contributed by atoms with Gasteiger partial charge in [-0.1, -0.05) is 18.7 Å². The SMILES string of the molecule is C=Cc1ccc2c(=O)n(-c3ccc(F)cc3)c(CCCCC(=O)OC)nc2c1. The van der Waals surface area contributed by atoms with Gasteiger partial charge in [0.2, 0.25) is 0 Å². The minimum absolute atomic E-state index is 0.213. The van der Waals surface area contributed by atoms with Crippen LogP contribution < -0.4 is 5.56 Å². The van der Waals surface area contributed by atoms with Crippen molar-refractivity contribution in [1.29, 1.82) is 0 Å². The molecule has 0 fully saturated rings. The van der Waals surface area contributed by atoms with E-state index in [9.17, 15) is 14.0 Å². The Balaban J connectivity index is 2.05. The highest BCUT2D eigenvalue weighted by Gasteiger charge is 2.13. The fourth-order valence-electron chi connectivity index (χ4n) is 3.05. The zero-order valence-electron chi connectivity index (χ0n) is 15.7. The molecule has 0 N–H and O–H groups in total. The van der Waals surface area contributed by atoms with Crippen LogP contribution in [0.1, 0.15) is 30.7 Å². The molecule has 3 rings (SSSR count). The molecule has 1 heterocycles. The fourth-order valence-corrected chi connectivity index (χ4v) is 3.05. The van der Waals surface area contributed by atoms with Crippen molar-refractivity contribution >= 4 is 22.9 Å². The number of hydrogen-bond acceptors (Lipinski definition) is 4. The number of hydrogen-bond donors (Lipinski definition) is 0. The first-order valence-corrected chi connectivity index (χ1v) is 9.04. The first kappa shape index (κ1) is 19.5. The van der Waals surface area contributed by atoms with Gasteiger partial charge >= 0.3 is 5.97 Å². The number of unbranched alkanes of at least 4 members (excludes halogenated alkanes) is 1. The Labute approximate surface area is 162 Å². The normalized spacial score (nSPS) is 10.8. The van der Waals surface area contributed by atoms with Crippen LogP contribution in [0.25, 0.3) is 22.7 Å². The lowest BCUT2D eigenvalue weighted by molar-refractivity contribution is -0.140. The average molecular weight is 380 g/mol. The van der Waals surface area contributed by atoms with E-state index >= 15 is 0 Å². The number of aromatic nitrogens is 2. The quantitative estimate of drug-likeness (QED) is 0.458. The number of fused-ring (bicyclic) bond motifs is 1. The molecular weight excluding hydrogens is 359 g/mol. The summed E-state index contributed by atoms with van der Waals surface area (Å²) in [7, 11) is 1.36. The molecule has 0 spiro atoms. The molecule has 0 bridgehead atoms. The number of carbonyl (C=O) groups is 1. The standard InChI is InChI=1S/C22H21FN2O3/c1-3-15-8-13-18-19(14-15)24-20(6-4-5-7-21(26)28-2)25(22(18)27)17-11-9-16(23)10-12-17/h3,8-14H,1,4-7H2,2H3. The molecule has 0 saturated carbocycles. The van der Waals surface area contributed by atoms with Crippen molar-refractivity contribution < 1.29 is 13.9 Å². The van der Waals surface area contributed by atoms with Crippen molar-refractivity contribution in [3.8, 4) is 5.69 Å². The molecule has 0 radical (unpaired) electrons. The van der Waals surface area contributed by atoms with Crippen molar-refractivity contribution in [2.75, 3.05) is 7.11 Å². The predicted molar refractivity (Wildman–Crippen MR) is 107 cm³/mol. The molecule has 144 valence electrons. The van der Waals surface area contributed by atoms with Gasteiger partial charge in [0, 0.05) is 12.8 Å². The number of halogens is 1. The van der Waals surface area contributed by atoms with Crippen molar-refractivity contribution in [2.45, 2.75) is 25.7 Å². The maximum Gasteiger partial charge on any atom is 0.305 e. The molecule has 6 heteroatoms. The van der Waals surface area contributed by atoms with Crippen molar-refractivity contribution in [3.63, 3.8) is 0 Å². The molecule has 0 aliphatic rings. The minimum atomic E-state index is -0.374. The maximum absolute atomic E-state index is 13.3. The number of esters is 1. The smallest absolute Gasteiger partial charge is 0.305 e. The van der Waals surface area contributed by atoms with Gasteiger partial charge in [0.1, 0.15) is 11.6 Å². The van der Waals surface area contributed by atoms with E-state index in [1.54, 1.807) is 24.3 Å². The number of carbonyl (C=O) groups excluding carboxylic acids is 1. The second-order valence-electron chi connectivity index (χ2n) is 6.41. The number of nitrogens with zero attached hydrogens (tertiary/aromatic N) is 2. The largest absolute Gasteiger partial charge is 0.469 e. The Hall–Kier alpha value is -3.28. The lowest BCUT2D eigenvalue weighted by Gasteiger charge is -2.14. The summed E-state index contributed by atoms with van der Waals surface area (Å²) in [6, 6.07) is 11.1. The van der Waals surface area contributed by atoms with E-state index in [0.717, 1.165) is 5.56 Å². The van der Waals surface area contributed by atoms with E-state index in [0.29, 0.717) is 48.1 Å². The van der Waals surface area contributed by atoms with E-state index in [-0.39, 0.29) is 17.3 Å². The van der Waals surface area contributed by atoms with Crippen LogP contribution in [0.4, 0.5) is 4.39 Å². The van der Waals surface area contributed by atoms with E-state index in [1.165, 1.54) is 23.8 Å². The number of aryl methyl sites for hydroxylation is 1. The van der Waals surface area contributed by atoms with Gasteiger partial charge in [-0.15, -0.1) is 0 Å². The topological polar surface area (TPSA) is 61.2 Å². The highest BCUT2D eigenvalue weighted by atomic mass is 19.1. The molecule has 0 aliphatic carbocycles. The van der Waals surface area contributed by atoms with E-state index < -0.39 is 0 Å². The summed E-state index contributed by atoms with van der Waals surface area (Å²) >= 11 is 0. The van der Waals surface area contributed by atoms with Crippen LogP contribution in [0.2, 0.25) is 0 Å². The van der Waals surface area contributed by atoms with Crippen molar-refractivity contribution in [1.82, 2.24) is 9.55 Å². The first-order chi connectivity index (χ1) is 13.5. The van der Waals surface area contributed by atoms with Gasteiger partial charge in [-0.3, -0.25) is 14.2 Å². The predicted octanol–water partition coefficient (Wildman–Crippen LogP) is 4.05. The van der Waals surface area contributed by atoms with Crippen LogP contribution in [0.5, 0.6) is 0 Å². The summed E-state index contributed by atoms with van der Waals surface area (Å²) < 4.78 is 19.5. The Morgan fingerprint density at radius 3 is 2.64 bits per heavy atom. The maximum atomic E-state index is 13.3. The summed E-state index contributed by atoms with van der Waals surface area (Å²) in [6.07, 6.45) is 3.79. The summed E-state index contributed by atoms with van der Waals surface area (Å²) in [6.45, 7) is 3.75. The Kier molecular flexibility index (Phi) is 5.99. The summed E-state index contributed by atoms with van der Waals surface area (Å²) in [5, 5.41) is 0.480. The summed E-state index contributed by atoms with van der Waals surface area (Å²) in [5.41, 5.74) is 1.80. The highest BCUT2D eigenvalue weighted by Crippen LogP contribution is 2.17. The molecule has 0 saturated heterocycles. The number of benzene rings is 2. The third-order valence-corrected chi connectivity index (χ3v) is 4.54. The second kappa shape index (κ2) is 8.61. The molecule has 3 aromatic rings. The van der Waals surface area contributed by atoms with Crippen molar-refractivity contribution in [3.05, 3.63) is 76.6 Å². The van der Waals surface area contributed by atoms with Gasteiger partial charge in [-0.2, -0.15) is 0 Å². The van der Waals surface area contributed by atoms with Gasteiger partial charge in [-0.05, 0) is 54.8 Å². The lowest BCUT2D eigenvalue weighted by atomic mass is 10.1. The van der Waals surface area contributed by atoms with Gasteiger partial charge in [0.25, 0.3) is 5.56 Å². The zero-order chi connectivity index (χ0) is 20.1. The van der Waals surface area contributed by atoms with Crippen LogP contribution in [-0.2, 0) is 16.0 Å². The molecule has 0 atom stereocenters. The third kappa shape index (κ3) is 4.17. The lowest BCUT2D eigenvalue weighted by Crippen LogP contribution is -2.24. The molecule has 0 unspecified atom stereocenters. The molecule has 1 aromatic heterocycles. The van der Waals surface area contributed by atoms with Gasteiger partial charge < -0.3 is 4.74 Å². The monoisotopic (exact) mass is 380 g/mol. The van der Waals surface area contributed by atoms with Crippen LogP contribution in [0.3, 0.4) is 0 Å². The second-order valence-corrected chi connectivity index (χ2v) is 6.41. The summed E-state index contributed by atoms with van der Waals surface area (Å²) in [5.74, 6) is -0.0750. The Morgan fingerprint density at radius 2 is 1.96 bits per heavy atom. The molecule has 2 aromatic carbocycles. The third-order valence-electron chi connectivity index (χ3n) is 4.54. The van der Waals surface area contributed by atoms with Gasteiger partial charge in [0.15, 0.2) is 0 Å². The number of ether oxygens (including phenoxy) is 1. The van der Waals surface area contributed by atoms with Gasteiger partial charge in [-0.25, -0.2) is 9.37 Å². The van der Waals surface area contributed by atoms with E-state index in [4.69, 9.17) is 0 Å². The van der Waals surface area contributed by atoms with Crippen molar-refractivity contribution in [2.24, 2.45) is 0 Å². The average Bonchev–Trinajstić information content (AvgIpc) is 2.71. The number of rotatable bonds is 7. The highest BCUT2D eigenvalue weighted by molar-refractivity contribution is 5.80. The minimum Gasteiger partial charge on any atom is -0.469 e. The van der Waals surface area contributed by atoms with Crippen LogP contribution in [-0.4, -0.2) is 22.6 Å². The Morgan fingerprint density at radius 1 is 1.21 bits per heavy atom. The zero-order valence-corrected chi connectivity index (χ0v) is 15.7. The summed E-state index contributed by atoms with van der Waals surface area (Å²) in [4.78, 5) is 29.1. The molecule has 0 amide bonds. The molecule has 5 nitrogen and oxygen atoms in total.